The number of hydrogen-bond acceptors (Lipinski definition) is 1. The van der Waals surface area contributed by atoms with Crippen molar-refractivity contribution in [3.63, 3.8) is 0 Å². The Morgan fingerprint density at radius 3 is 1.47 bits per heavy atom. The van der Waals surface area contributed by atoms with Gasteiger partial charge in [0, 0.05) is 44.4 Å². The van der Waals surface area contributed by atoms with Gasteiger partial charge in [-0.3, -0.25) is 0 Å². The molecule has 68 heavy (non-hydrogen) atoms. The summed E-state index contributed by atoms with van der Waals surface area (Å²) in [5, 5.41) is 2.49. The van der Waals surface area contributed by atoms with Crippen LogP contribution in [0.4, 0.5) is 17.1 Å². The van der Waals surface area contributed by atoms with Crippen molar-refractivity contribution in [1.82, 2.24) is 4.57 Å². The van der Waals surface area contributed by atoms with E-state index in [9.17, 15) is 0 Å². The van der Waals surface area contributed by atoms with Gasteiger partial charge < -0.3 is 9.47 Å². The summed E-state index contributed by atoms with van der Waals surface area (Å²) in [4.78, 5) is 2.48. The van der Waals surface area contributed by atoms with E-state index in [4.69, 9.17) is 0 Å². The van der Waals surface area contributed by atoms with Crippen LogP contribution in [-0.4, -0.2) is 4.57 Å². The molecule has 0 spiro atoms. The van der Waals surface area contributed by atoms with E-state index in [0.29, 0.717) is 0 Å². The van der Waals surface area contributed by atoms with Gasteiger partial charge in [0.1, 0.15) is 0 Å². The molecule has 0 saturated heterocycles. The average Bonchev–Trinajstić information content (AvgIpc) is 3.93. The molecule has 2 aliphatic rings. The van der Waals surface area contributed by atoms with E-state index in [1.165, 1.54) is 94.1 Å². The fourth-order valence-corrected chi connectivity index (χ4v) is 11.8. The zero-order valence-corrected chi connectivity index (χ0v) is 38.8. The minimum absolute atomic E-state index is 0.132. The fraction of sp³-hybridized carbons (Fsp3) is 0.0909. The molecule has 0 amide bonds. The van der Waals surface area contributed by atoms with Crippen LogP contribution in [0.25, 0.3) is 83.1 Å². The molecule has 2 heteroatoms. The van der Waals surface area contributed by atoms with E-state index >= 15 is 0 Å². The third kappa shape index (κ3) is 6.10. The Kier molecular flexibility index (Phi) is 8.95. The highest BCUT2D eigenvalue weighted by atomic mass is 15.1. The van der Waals surface area contributed by atoms with Crippen molar-refractivity contribution >= 4 is 38.9 Å². The van der Waals surface area contributed by atoms with Gasteiger partial charge in [0.25, 0.3) is 0 Å². The molecule has 2 aliphatic carbocycles. The van der Waals surface area contributed by atoms with Crippen LogP contribution in [0.2, 0.25) is 0 Å². The summed E-state index contributed by atoms with van der Waals surface area (Å²) < 4.78 is 2.39. The summed E-state index contributed by atoms with van der Waals surface area (Å²) in [6.45, 7) is 9.49. The van der Waals surface area contributed by atoms with Crippen molar-refractivity contribution in [3.05, 3.63) is 253 Å². The van der Waals surface area contributed by atoms with Gasteiger partial charge in [0.2, 0.25) is 0 Å². The Morgan fingerprint density at radius 2 is 0.794 bits per heavy atom. The van der Waals surface area contributed by atoms with E-state index in [1.807, 2.05) is 0 Å². The number of nitrogens with zero attached hydrogens (tertiary/aromatic N) is 2. The summed E-state index contributed by atoms with van der Waals surface area (Å²) in [5.74, 6) is 0. The van der Waals surface area contributed by atoms with Crippen LogP contribution in [0.1, 0.15) is 49.9 Å². The zero-order chi connectivity index (χ0) is 45.7. The maximum Gasteiger partial charge on any atom is 0.0541 e. The SMILES string of the molecule is CC1(C)c2ccccc2-c2ccc(N(c3cccc(-c4ccc(-c5ccccc5)c(-c5ccc6c(c5)c5ccccc5n6-c5ccccc5)c4)c3)c3ccc4c(c3)C(C)(C)c3ccccc3-4)cc21. The van der Waals surface area contributed by atoms with Crippen LogP contribution >= 0.6 is 0 Å². The fourth-order valence-electron chi connectivity index (χ4n) is 11.8. The van der Waals surface area contributed by atoms with E-state index in [-0.39, 0.29) is 10.8 Å². The lowest BCUT2D eigenvalue weighted by atomic mass is 9.82. The molecule has 324 valence electrons. The number of aromatic nitrogens is 1. The van der Waals surface area contributed by atoms with Crippen LogP contribution in [0.5, 0.6) is 0 Å². The van der Waals surface area contributed by atoms with E-state index in [2.05, 4.69) is 268 Å². The Bertz CT molecular complexity index is 3690. The third-order valence-electron chi connectivity index (χ3n) is 15.2. The van der Waals surface area contributed by atoms with Crippen molar-refractivity contribution in [2.45, 2.75) is 38.5 Å². The van der Waals surface area contributed by atoms with Gasteiger partial charge in [-0.15, -0.1) is 0 Å². The molecule has 2 nitrogen and oxygen atoms in total. The predicted molar refractivity (Wildman–Crippen MR) is 287 cm³/mol. The molecule has 1 aromatic heterocycles. The summed E-state index contributed by atoms with van der Waals surface area (Å²) in [7, 11) is 0. The first-order valence-corrected chi connectivity index (χ1v) is 23.9. The van der Waals surface area contributed by atoms with Crippen LogP contribution in [0.3, 0.4) is 0 Å². The highest BCUT2D eigenvalue weighted by molar-refractivity contribution is 6.11. The standard InChI is InChI=1S/C66H50N2/c1-65(2)59-27-14-11-24-52(59)54-35-32-49(41-61(54)65)67(50-33-36-55-53-25-12-15-28-60(53)66(3,4)62(55)42-50)48-23-17-20-44(38-48)45-30-34-51(43-18-7-5-8-19-43)57(39-45)46-31-37-64-58(40-46)56-26-13-16-29-63(56)68(64)47-21-9-6-10-22-47/h5-42H,1-4H3. The first-order chi connectivity index (χ1) is 33.2. The Morgan fingerprint density at radius 1 is 0.294 bits per heavy atom. The van der Waals surface area contributed by atoms with Crippen molar-refractivity contribution in [3.8, 4) is 61.3 Å². The van der Waals surface area contributed by atoms with Crippen LogP contribution in [0.15, 0.2) is 231 Å². The van der Waals surface area contributed by atoms with Crippen molar-refractivity contribution < 1.29 is 0 Å². The molecule has 1 heterocycles. The van der Waals surface area contributed by atoms with Gasteiger partial charge in [0.05, 0.1) is 11.0 Å². The number of fused-ring (bicyclic) bond motifs is 9. The number of anilines is 3. The molecule has 0 atom stereocenters. The highest BCUT2D eigenvalue weighted by Gasteiger charge is 2.38. The van der Waals surface area contributed by atoms with Gasteiger partial charge >= 0.3 is 0 Å². The summed E-state index contributed by atoms with van der Waals surface area (Å²) in [6.07, 6.45) is 0. The number of benzene rings is 10. The molecule has 0 N–H and O–H groups in total. The van der Waals surface area contributed by atoms with Gasteiger partial charge in [-0.2, -0.15) is 0 Å². The van der Waals surface area contributed by atoms with Crippen LogP contribution in [-0.2, 0) is 10.8 Å². The van der Waals surface area contributed by atoms with Gasteiger partial charge in [-0.05, 0) is 151 Å². The number of hydrogen-bond donors (Lipinski definition) is 0. The minimum atomic E-state index is -0.132. The topological polar surface area (TPSA) is 8.17 Å². The number of rotatable bonds is 7. The van der Waals surface area contributed by atoms with Gasteiger partial charge in [-0.25, -0.2) is 0 Å². The molecular formula is C66H50N2. The third-order valence-corrected chi connectivity index (χ3v) is 15.2. The quantitative estimate of drug-likeness (QED) is 0.155. The normalized spacial score (nSPS) is 13.8. The molecule has 10 aromatic carbocycles. The monoisotopic (exact) mass is 870 g/mol. The smallest absolute Gasteiger partial charge is 0.0541 e. The lowest BCUT2D eigenvalue weighted by molar-refractivity contribution is 0.660. The molecule has 0 aliphatic heterocycles. The predicted octanol–water partition coefficient (Wildman–Crippen LogP) is 17.9. The first-order valence-electron chi connectivity index (χ1n) is 23.9. The second-order valence-corrected chi connectivity index (χ2v) is 19.7. The minimum Gasteiger partial charge on any atom is -0.310 e. The van der Waals surface area contributed by atoms with Crippen LogP contribution in [0, 0.1) is 0 Å². The molecule has 0 bridgehead atoms. The highest BCUT2D eigenvalue weighted by Crippen LogP contribution is 2.53. The zero-order valence-electron chi connectivity index (χ0n) is 38.8. The van der Waals surface area contributed by atoms with Gasteiger partial charge in [0.15, 0.2) is 0 Å². The Balaban J connectivity index is 0.977. The maximum absolute atomic E-state index is 2.48. The Hall–Kier alpha value is -8.20. The first kappa shape index (κ1) is 40.1. The second-order valence-electron chi connectivity index (χ2n) is 19.7. The molecule has 0 saturated carbocycles. The van der Waals surface area contributed by atoms with Crippen molar-refractivity contribution in [2.24, 2.45) is 0 Å². The van der Waals surface area contributed by atoms with Crippen molar-refractivity contribution in [2.75, 3.05) is 4.90 Å². The molecule has 0 radical (unpaired) electrons. The number of para-hydroxylation sites is 2. The summed E-state index contributed by atoms with van der Waals surface area (Å²) in [5.41, 5.74) is 24.7. The summed E-state index contributed by atoms with van der Waals surface area (Å²) >= 11 is 0. The molecule has 11 aromatic rings. The largest absolute Gasteiger partial charge is 0.310 e. The van der Waals surface area contributed by atoms with Gasteiger partial charge in [-0.1, -0.05) is 185 Å². The molecular weight excluding hydrogens is 821 g/mol. The molecule has 0 fully saturated rings. The van der Waals surface area contributed by atoms with E-state index in [0.717, 1.165) is 28.3 Å². The second kappa shape index (κ2) is 15.2. The van der Waals surface area contributed by atoms with E-state index in [1.54, 1.807) is 0 Å². The van der Waals surface area contributed by atoms with E-state index < -0.39 is 0 Å². The maximum atomic E-state index is 2.48. The van der Waals surface area contributed by atoms with Crippen LogP contribution < -0.4 is 4.90 Å². The van der Waals surface area contributed by atoms with Crippen molar-refractivity contribution in [1.29, 1.82) is 0 Å². The molecule has 0 unspecified atom stereocenters. The lowest BCUT2D eigenvalue weighted by Crippen LogP contribution is -2.18. The Labute approximate surface area is 399 Å². The lowest BCUT2D eigenvalue weighted by Gasteiger charge is -2.30. The molecule has 13 rings (SSSR count). The summed E-state index contributed by atoms with van der Waals surface area (Å²) in [6, 6.07) is 85.7. The average molecular weight is 871 g/mol.